The van der Waals surface area contributed by atoms with Gasteiger partial charge in [-0.15, -0.1) is 0 Å². The van der Waals surface area contributed by atoms with Gasteiger partial charge in [0.05, 0.1) is 12.1 Å². The average molecular weight is 705 g/mol. The molecule has 0 spiro atoms. The van der Waals surface area contributed by atoms with E-state index in [2.05, 4.69) is 31.9 Å². The number of nitrogens with two attached hydrogens (primary N) is 3. The predicted molar refractivity (Wildman–Crippen MR) is 187 cm³/mol. The Morgan fingerprint density at radius 1 is 0.840 bits per heavy atom. The predicted octanol–water partition coefficient (Wildman–Crippen LogP) is -3.69. The highest BCUT2D eigenvalue weighted by Crippen LogP contribution is 2.24. The second kappa shape index (κ2) is 21.1. The zero-order chi connectivity index (χ0) is 37.4. The van der Waals surface area contributed by atoms with Crippen LogP contribution in [0, 0.1) is 0 Å². The molecule has 13 N–H and O–H groups in total. The zero-order valence-corrected chi connectivity index (χ0v) is 29.4. The van der Waals surface area contributed by atoms with Gasteiger partial charge in [-0.3, -0.25) is 28.8 Å². The lowest BCUT2D eigenvalue weighted by atomic mass is 10.0. The van der Waals surface area contributed by atoms with Crippen LogP contribution in [0.4, 0.5) is 0 Å². The van der Waals surface area contributed by atoms with Crippen LogP contribution in [-0.2, 0) is 35.2 Å². The van der Waals surface area contributed by atoms with E-state index in [-0.39, 0.29) is 51.9 Å². The topological polar surface area (TPSA) is 276 Å². The maximum absolute atomic E-state index is 13.8. The normalized spacial score (nSPS) is 19.4. The molecule has 1 aliphatic rings. The first kappa shape index (κ1) is 42.0. The summed E-state index contributed by atoms with van der Waals surface area (Å²) in [7, 11) is 1.62. The molecule has 280 valence electrons. The van der Waals surface area contributed by atoms with Gasteiger partial charge in [0.1, 0.15) is 30.2 Å². The summed E-state index contributed by atoms with van der Waals surface area (Å²) in [6, 6.07) is 2.41. The third-order valence-electron chi connectivity index (χ3n) is 8.54. The second-order valence-electron chi connectivity index (χ2n) is 12.4. The maximum Gasteiger partial charge on any atom is 0.246 e. The molecule has 0 radical (unpaired) electrons. The molecule has 1 saturated heterocycles. The van der Waals surface area contributed by atoms with E-state index in [0.717, 1.165) is 5.56 Å². The van der Waals surface area contributed by atoms with Gasteiger partial charge in [-0.1, -0.05) is 30.3 Å². The quantitative estimate of drug-likeness (QED) is 0.0595. The molecule has 0 bridgehead atoms. The van der Waals surface area contributed by atoms with Crippen molar-refractivity contribution in [1.82, 2.24) is 36.8 Å². The van der Waals surface area contributed by atoms with Crippen molar-refractivity contribution < 1.29 is 33.9 Å². The fraction of sp³-hybridized carbons (Fsp3) is 0.636. The van der Waals surface area contributed by atoms with Gasteiger partial charge < -0.3 is 59.1 Å². The first-order valence-corrected chi connectivity index (χ1v) is 17.1. The van der Waals surface area contributed by atoms with Gasteiger partial charge in [0.25, 0.3) is 0 Å². The van der Waals surface area contributed by atoms with Crippen molar-refractivity contribution in [1.29, 1.82) is 0 Å². The number of hydrogen-bond donors (Lipinski definition) is 10. The number of aliphatic hydroxyl groups is 1. The molecule has 1 aromatic carbocycles. The Hall–Kier alpha value is -4.16. The number of nitrogens with zero attached hydrogens (tertiary/aromatic N) is 1. The van der Waals surface area contributed by atoms with Crippen molar-refractivity contribution in [2.24, 2.45) is 17.2 Å². The van der Waals surface area contributed by atoms with Crippen LogP contribution in [0.1, 0.15) is 52.0 Å². The van der Waals surface area contributed by atoms with E-state index < -0.39 is 83.8 Å². The third-order valence-corrected chi connectivity index (χ3v) is 8.54. The average Bonchev–Trinajstić information content (AvgIpc) is 3.35. The fourth-order valence-corrected chi connectivity index (χ4v) is 5.91. The number of likely N-dealkylation sites (tertiary alicyclic amines) is 1. The first-order valence-electron chi connectivity index (χ1n) is 17.1. The summed E-state index contributed by atoms with van der Waals surface area (Å²) >= 11 is 0. The number of rotatable bonds is 21. The highest BCUT2D eigenvalue weighted by molar-refractivity contribution is 5.97. The molecule has 17 heteroatoms. The van der Waals surface area contributed by atoms with Crippen molar-refractivity contribution in [3.05, 3.63) is 35.9 Å². The van der Waals surface area contributed by atoms with Crippen LogP contribution in [0.5, 0.6) is 0 Å². The maximum atomic E-state index is 13.8. The summed E-state index contributed by atoms with van der Waals surface area (Å²) in [5.41, 5.74) is 18.0. The Labute approximate surface area is 293 Å². The zero-order valence-electron chi connectivity index (χ0n) is 29.4. The van der Waals surface area contributed by atoms with Gasteiger partial charge >= 0.3 is 0 Å². The lowest BCUT2D eigenvalue weighted by Crippen LogP contribution is -2.60. The molecule has 1 aliphatic heterocycles. The lowest BCUT2D eigenvalue weighted by molar-refractivity contribution is -0.142. The lowest BCUT2D eigenvalue weighted by Gasteiger charge is -2.32. The molecule has 0 saturated carbocycles. The summed E-state index contributed by atoms with van der Waals surface area (Å²) in [5, 5.41) is 26.2. The molecule has 1 unspecified atom stereocenters. The molecule has 0 aromatic heterocycles. The molecule has 8 atom stereocenters. The molecule has 1 heterocycles. The Bertz CT molecular complexity index is 1280. The van der Waals surface area contributed by atoms with E-state index >= 15 is 0 Å². The van der Waals surface area contributed by atoms with E-state index in [4.69, 9.17) is 17.2 Å². The van der Waals surface area contributed by atoms with Crippen LogP contribution in [0.3, 0.4) is 0 Å². The smallest absolute Gasteiger partial charge is 0.246 e. The standard InChI is InChI=1S/C33H56N10O7/c1-5-38-32(49)27(20(3)44)42-29(46)23(12-15-35)39-31(48)26(13-16-36)43-19(2)17-25(33(43)50)41-30(47)24(18-21-9-7-6-8-10-21)40-28(45)22(37-4)11-14-34/h6-10,19-20,22-27,37,44H,5,11-18,34-36H2,1-4H3,(H,38,49)(H,39,48)(H,40,45)(H,41,47)(H,42,46)/t19?,20-,22+,23+,24-,25+,26+,27+/m1/s1. The van der Waals surface area contributed by atoms with E-state index in [0.29, 0.717) is 6.42 Å². The number of nitrogens with one attached hydrogen (secondary N) is 6. The molecule has 1 fully saturated rings. The van der Waals surface area contributed by atoms with Crippen LogP contribution < -0.4 is 49.1 Å². The molecule has 0 aliphatic carbocycles. The minimum atomic E-state index is -1.27. The number of carbonyl (C=O) groups is 6. The van der Waals surface area contributed by atoms with Crippen LogP contribution in [0.15, 0.2) is 30.3 Å². The Morgan fingerprint density at radius 2 is 1.42 bits per heavy atom. The number of benzene rings is 1. The van der Waals surface area contributed by atoms with Gasteiger partial charge in [-0.05, 0) is 78.7 Å². The van der Waals surface area contributed by atoms with Gasteiger partial charge in [0.15, 0.2) is 0 Å². The Kier molecular flexibility index (Phi) is 17.8. The Balaban J connectivity index is 2.25. The van der Waals surface area contributed by atoms with E-state index in [1.165, 1.54) is 11.8 Å². The van der Waals surface area contributed by atoms with Crippen LogP contribution in [-0.4, -0.2) is 127 Å². The van der Waals surface area contributed by atoms with Crippen molar-refractivity contribution in [2.75, 3.05) is 33.2 Å². The molecule has 17 nitrogen and oxygen atoms in total. The Morgan fingerprint density at radius 3 is 1.98 bits per heavy atom. The number of amides is 6. The molecule has 6 amide bonds. The van der Waals surface area contributed by atoms with Crippen molar-refractivity contribution in [3.63, 3.8) is 0 Å². The highest BCUT2D eigenvalue weighted by atomic mass is 16.3. The minimum absolute atomic E-state index is 0.00520. The molecule has 50 heavy (non-hydrogen) atoms. The van der Waals surface area contributed by atoms with E-state index in [1.807, 2.05) is 30.3 Å². The first-order chi connectivity index (χ1) is 23.8. The second-order valence-corrected chi connectivity index (χ2v) is 12.4. The molecule has 2 rings (SSSR count). The summed E-state index contributed by atoms with van der Waals surface area (Å²) < 4.78 is 0. The number of hydrogen-bond acceptors (Lipinski definition) is 11. The van der Waals surface area contributed by atoms with Crippen molar-refractivity contribution >= 4 is 35.4 Å². The van der Waals surface area contributed by atoms with Crippen LogP contribution in [0.25, 0.3) is 0 Å². The summed E-state index contributed by atoms with van der Waals surface area (Å²) in [4.78, 5) is 81.2. The monoisotopic (exact) mass is 704 g/mol. The van der Waals surface area contributed by atoms with Gasteiger partial charge in [-0.2, -0.15) is 0 Å². The fourth-order valence-electron chi connectivity index (χ4n) is 5.91. The number of likely N-dealkylation sites (N-methyl/N-ethyl adjacent to an activating group) is 2. The highest BCUT2D eigenvalue weighted by Gasteiger charge is 2.45. The summed E-state index contributed by atoms with van der Waals surface area (Å²) in [5.74, 6) is -3.51. The SMILES string of the molecule is CCNC(=O)[C@@H](NC(=O)[C@H](CCN)NC(=O)[C@H](CCN)N1C(=O)[C@@H](NC(=O)[C@@H](Cc2ccccc2)NC(=O)[C@H](CCN)NC)CC1C)[C@@H](C)O. The number of carbonyl (C=O) groups excluding carboxylic acids is 6. The van der Waals surface area contributed by atoms with E-state index in [9.17, 15) is 33.9 Å². The molecular weight excluding hydrogens is 648 g/mol. The summed E-state index contributed by atoms with van der Waals surface area (Å²) in [6.07, 6.45) is -0.484. The van der Waals surface area contributed by atoms with Gasteiger partial charge in [-0.25, -0.2) is 0 Å². The van der Waals surface area contributed by atoms with Crippen molar-refractivity contribution in [2.45, 2.75) is 101 Å². The minimum Gasteiger partial charge on any atom is -0.391 e. The molecular formula is C33H56N10O7. The third kappa shape index (κ3) is 12.0. The molecule has 1 aromatic rings. The number of aliphatic hydroxyl groups excluding tert-OH is 1. The van der Waals surface area contributed by atoms with E-state index in [1.54, 1.807) is 20.9 Å². The van der Waals surface area contributed by atoms with Gasteiger partial charge in [0, 0.05) is 19.0 Å². The van der Waals surface area contributed by atoms with Crippen LogP contribution in [0.2, 0.25) is 0 Å². The largest absolute Gasteiger partial charge is 0.391 e. The summed E-state index contributed by atoms with van der Waals surface area (Å²) in [6.45, 7) is 5.35. The van der Waals surface area contributed by atoms with Crippen LogP contribution >= 0.6 is 0 Å². The van der Waals surface area contributed by atoms with Gasteiger partial charge in [0.2, 0.25) is 35.4 Å². The van der Waals surface area contributed by atoms with Crippen molar-refractivity contribution in [3.8, 4) is 0 Å².